The monoisotopic (exact) mass is 649 g/mol. The molecule has 2 amide bonds. The smallest absolute Gasteiger partial charge is 0.269 e. The number of hydrogen-bond acceptors (Lipinski definition) is 6. The minimum Gasteiger partial charge on any atom is -0.361 e. The Morgan fingerprint density at radius 2 is 1.33 bits per heavy atom. The van der Waals surface area contributed by atoms with E-state index in [4.69, 9.17) is 0 Å². The van der Waals surface area contributed by atoms with Crippen molar-refractivity contribution in [1.82, 2.24) is 20.9 Å². The number of hydrogen-bond donors (Lipinski definition) is 3. The van der Waals surface area contributed by atoms with Crippen LogP contribution in [0.25, 0.3) is 0 Å². The molecule has 0 saturated carbocycles. The number of nitrogens with one attached hydrogen (secondary N) is 3. The van der Waals surface area contributed by atoms with Crippen LogP contribution in [-0.4, -0.2) is 54.4 Å². The van der Waals surface area contributed by atoms with Gasteiger partial charge in [0.15, 0.2) is 0 Å². The van der Waals surface area contributed by atoms with Gasteiger partial charge in [-0.3, -0.25) is 19.7 Å². The number of piperidine rings is 1. The van der Waals surface area contributed by atoms with Crippen LogP contribution in [0.3, 0.4) is 0 Å². The van der Waals surface area contributed by atoms with Crippen LogP contribution in [0.2, 0.25) is 0 Å². The summed E-state index contributed by atoms with van der Waals surface area (Å²) in [5.74, 6) is -1.14. The Labute approximate surface area is 283 Å². The van der Waals surface area contributed by atoms with Gasteiger partial charge < -0.3 is 20.9 Å². The number of likely N-dealkylation sites (N-methyl/N-ethyl adjacent to an activating group) is 1. The molecule has 3 N–H and O–H groups in total. The van der Waals surface area contributed by atoms with Gasteiger partial charge >= 0.3 is 0 Å². The number of allylic oxidation sites excluding steroid dienone is 2. The first-order valence-electron chi connectivity index (χ1n) is 17.2. The van der Waals surface area contributed by atoms with Crippen LogP contribution in [0, 0.1) is 10.1 Å². The lowest BCUT2D eigenvalue weighted by Gasteiger charge is -2.43. The van der Waals surface area contributed by atoms with E-state index in [9.17, 15) is 19.7 Å². The molecule has 48 heavy (non-hydrogen) atoms. The number of nitro benzene ring substituents is 1. The van der Waals surface area contributed by atoms with Crippen LogP contribution in [0.5, 0.6) is 0 Å². The highest BCUT2D eigenvalue weighted by atomic mass is 16.6. The SMILES string of the molecule is CCNC(=O)C1=C(CC)NC(CC)=C(C(=O)NCCCN2CCC(c3ccccc3)(c3ccccc3)CC2)C1c1ccc([N+](=O)[O-])cc1. The standard InChI is InChI=1S/C39H47N5O4/c1-4-32-35(37(45)40-6-3)34(28-18-20-31(21-19-28)44(47)48)36(33(5-2)42-32)38(46)41-24-13-25-43-26-22-39(23-27-43,29-14-9-7-10-15-29)30-16-11-8-12-17-30/h7-12,14-21,34,42H,4-6,13,22-27H2,1-3H3,(H,40,45)(H,41,46). The summed E-state index contributed by atoms with van der Waals surface area (Å²) >= 11 is 0. The third kappa shape index (κ3) is 7.36. The van der Waals surface area contributed by atoms with Crippen LogP contribution in [0.1, 0.15) is 75.5 Å². The van der Waals surface area contributed by atoms with Crippen molar-refractivity contribution in [2.24, 2.45) is 0 Å². The summed E-state index contributed by atoms with van der Waals surface area (Å²) in [7, 11) is 0. The van der Waals surface area contributed by atoms with Crippen molar-refractivity contribution in [3.05, 3.63) is 134 Å². The average molecular weight is 650 g/mol. The van der Waals surface area contributed by atoms with Gasteiger partial charge in [0.1, 0.15) is 0 Å². The summed E-state index contributed by atoms with van der Waals surface area (Å²) in [5, 5.41) is 20.8. The van der Waals surface area contributed by atoms with Gasteiger partial charge in [-0.1, -0.05) is 86.6 Å². The summed E-state index contributed by atoms with van der Waals surface area (Å²) in [6.45, 7) is 9.54. The van der Waals surface area contributed by atoms with E-state index in [0.29, 0.717) is 42.6 Å². The quantitative estimate of drug-likeness (QED) is 0.113. The lowest BCUT2D eigenvalue weighted by atomic mass is 9.68. The topological polar surface area (TPSA) is 117 Å². The highest BCUT2D eigenvalue weighted by molar-refractivity contribution is 6.03. The average Bonchev–Trinajstić information content (AvgIpc) is 3.13. The summed E-state index contributed by atoms with van der Waals surface area (Å²) in [4.78, 5) is 40.9. The fourth-order valence-corrected chi connectivity index (χ4v) is 7.30. The predicted molar refractivity (Wildman–Crippen MR) is 189 cm³/mol. The number of dihydropyridines is 1. The van der Waals surface area contributed by atoms with Gasteiger partial charge in [0.2, 0.25) is 11.8 Å². The first kappa shape index (κ1) is 34.6. The Hall–Kier alpha value is -4.76. The molecule has 9 nitrogen and oxygen atoms in total. The first-order valence-corrected chi connectivity index (χ1v) is 17.2. The zero-order valence-electron chi connectivity index (χ0n) is 28.3. The molecule has 1 atom stereocenters. The van der Waals surface area contributed by atoms with Crippen LogP contribution < -0.4 is 16.0 Å². The molecule has 0 aliphatic carbocycles. The van der Waals surface area contributed by atoms with Crippen molar-refractivity contribution in [2.45, 2.75) is 64.2 Å². The van der Waals surface area contributed by atoms with Crippen LogP contribution in [-0.2, 0) is 15.0 Å². The number of nitro groups is 1. The molecule has 0 bridgehead atoms. The van der Waals surface area contributed by atoms with E-state index in [1.54, 1.807) is 12.1 Å². The van der Waals surface area contributed by atoms with Gasteiger partial charge in [-0.05, 0) is 75.4 Å². The molecule has 2 aliphatic heterocycles. The van der Waals surface area contributed by atoms with Crippen molar-refractivity contribution in [2.75, 3.05) is 32.7 Å². The fourth-order valence-electron chi connectivity index (χ4n) is 7.30. The Balaban J connectivity index is 1.29. The van der Waals surface area contributed by atoms with Crippen molar-refractivity contribution in [3.63, 3.8) is 0 Å². The third-order valence-electron chi connectivity index (χ3n) is 9.80. The van der Waals surface area contributed by atoms with Crippen LogP contribution in [0.15, 0.2) is 107 Å². The van der Waals surface area contributed by atoms with E-state index in [1.165, 1.54) is 23.3 Å². The van der Waals surface area contributed by atoms with Gasteiger partial charge in [0.05, 0.1) is 4.92 Å². The fraction of sp³-hybridized carbons (Fsp3) is 0.385. The van der Waals surface area contributed by atoms with Gasteiger partial charge in [-0.2, -0.15) is 0 Å². The van der Waals surface area contributed by atoms with Gasteiger partial charge in [0.25, 0.3) is 5.69 Å². The molecule has 9 heteroatoms. The molecule has 252 valence electrons. The van der Waals surface area contributed by atoms with E-state index in [-0.39, 0.29) is 22.9 Å². The Morgan fingerprint density at radius 3 is 1.81 bits per heavy atom. The number of nitrogens with zero attached hydrogens (tertiary/aromatic N) is 2. The maximum absolute atomic E-state index is 14.0. The minimum atomic E-state index is -0.658. The molecule has 2 heterocycles. The Bertz CT molecular complexity index is 1600. The van der Waals surface area contributed by atoms with Gasteiger partial charge in [0, 0.05) is 59.1 Å². The zero-order chi connectivity index (χ0) is 34.1. The van der Waals surface area contributed by atoms with Crippen molar-refractivity contribution in [1.29, 1.82) is 0 Å². The highest BCUT2D eigenvalue weighted by Crippen LogP contribution is 2.42. The van der Waals surface area contributed by atoms with Crippen molar-refractivity contribution in [3.8, 4) is 0 Å². The normalized spacial score (nSPS) is 17.9. The summed E-state index contributed by atoms with van der Waals surface area (Å²) in [6.07, 6.45) is 3.98. The van der Waals surface area contributed by atoms with E-state index in [0.717, 1.165) is 50.3 Å². The van der Waals surface area contributed by atoms with Gasteiger partial charge in [-0.15, -0.1) is 0 Å². The van der Waals surface area contributed by atoms with Crippen LogP contribution in [0.4, 0.5) is 5.69 Å². The van der Waals surface area contributed by atoms with Crippen LogP contribution >= 0.6 is 0 Å². The number of amides is 2. The molecule has 1 unspecified atom stereocenters. The zero-order valence-corrected chi connectivity index (χ0v) is 28.3. The second kappa shape index (κ2) is 15.9. The predicted octanol–water partition coefficient (Wildman–Crippen LogP) is 6.33. The molecule has 0 radical (unpaired) electrons. The van der Waals surface area contributed by atoms with E-state index >= 15 is 0 Å². The maximum atomic E-state index is 14.0. The molecular weight excluding hydrogens is 602 g/mol. The van der Waals surface area contributed by atoms with Gasteiger partial charge in [-0.25, -0.2) is 0 Å². The molecule has 1 fully saturated rings. The summed E-state index contributed by atoms with van der Waals surface area (Å²) in [6, 6.07) is 27.8. The van der Waals surface area contributed by atoms with E-state index in [1.807, 2.05) is 20.8 Å². The molecule has 0 spiro atoms. The van der Waals surface area contributed by atoms with Crippen molar-refractivity contribution < 1.29 is 14.5 Å². The molecule has 3 aromatic carbocycles. The summed E-state index contributed by atoms with van der Waals surface area (Å²) in [5.41, 5.74) is 5.81. The molecule has 3 aromatic rings. The number of non-ortho nitro benzene ring substituents is 1. The number of rotatable bonds is 13. The second-order valence-corrected chi connectivity index (χ2v) is 12.5. The van der Waals surface area contributed by atoms with Crippen molar-refractivity contribution >= 4 is 17.5 Å². The Morgan fingerprint density at radius 1 is 0.812 bits per heavy atom. The first-order chi connectivity index (χ1) is 23.3. The maximum Gasteiger partial charge on any atom is 0.269 e. The number of carbonyl (C=O) groups is 2. The second-order valence-electron chi connectivity index (χ2n) is 12.5. The van der Waals surface area contributed by atoms with E-state index in [2.05, 4.69) is 81.5 Å². The number of benzene rings is 3. The highest BCUT2D eigenvalue weighted by Gasteiger charge is 2.39. The minimum absolute atomic E-state index is 0.0102. The largest absolute Gasteiger partial charge is 0.361 e. The molecule has 5 rings (SSSR count). The lowest BCUT2D eigenvalue weighted by Crippen LogP contribution is -2.44. The molecule has 1 saturated heterocycles. The Kier molecular flexibility index (Phi) is 11.4. The third-order valence-corrected chi connectivity index (χ3v) is 9.80. The summed E-state index contributed by atoms with van der Waals surface area (Å²) < 4.78 is 0. The van der Waals surface area contributed by atoms with E-state index < -0.39 is 10.8 Å². The number of likely N-dealkylation sites (tertiary alicyclic amines) is 1. The molecule has 2 aliphatic rings. The molecule has 0 aromatic heterocycles. The lowest BCUT2D eigenvalue weighted by molar-refractivity contribution is -0.384. The molecular formula is C39H47N5O4. The number of carbonyl (C=O) groups excluding carboxylic acids is 2.